The van der Waals surface area contributed by atoms with Gasteiger partial charge in [-0.15, -0.1) is 0 Å². The van der Waals surface area contributed by atoms with Gasteiger partial charge < -0.3 is 21.5 Å². The minimum Gasteiger partial charge on any atom is -0.480 e. The average Bonchev–Trinajstić information content (AvgIpc) is 2.46. The maximum atomic E-state index is 12.2. The Morgan fingerprint density at radius 2 is 1.73 bits per heavy atom. The van der Waals surface area contributed by atoms with E-state index >= 15 is 0 Å². The molecule has 0 spiro atoms. The van der Waals surface area contributed by atoms with Crippen LogP contribution in [0.5, 0.6) is 0 Å². The molecule has 3 atom stereocenters. The van der Waals surface area contributed by atoms with Crippen LogP contribution in [0.15, 0.2) is 0 Å². The van der Waals surface area contributed by atoms with Crippen molar-refractivity contribution in [2.45, 2.75) is 38.4 Å². The van der Waals surface area contributed by atoms with Crippen LogP contribution in [-0.4, -0.2) is 58.8 Å². The number of carboxylic acids is 1. The molecule has 128 valence electrons. The first-order valence-electron chi connectivity index (χ1n) is 6.93. The minimum atomic E-state index is -1.17. The summed E-state index contributed by atoms with van der Waals surface area (Å²) >= 11 is 5.42. The lowest BCUT2D eigenvalue weighted by Gasteiger charge is -2.23. The zero-order chi connectivity index (χ0) is 17.3. The lowest BCUT2D eigenvalue weighted by molar-refractivity contribution is -0.141. The Morgan fingerprint density at radius 3 is 2.14 bits per heavy atom. The third-order valence-electron chi connectivity index (χ3n) is 3.06. The van der Waals surface area contributed by atoms with Crippen LogP contribution in [-0.2, 0) is 14.4 Å². The monoisotopic (exact) mass is 351 g/mol. The highest BCUT2D eigenvalue weighted by atomic mass is 32.2. The largest absolute Gasteiger partial charge is 0.480 e. The minimum absolute atomic E-state index is 0.0320. The second-order valence-corrected chi connectivity index (χ2v) is 6.55. The summed E-state index contributed by atoms with van der Waals surface area (Å²) < 4.78 is 0. The van der Waals surface area contributed by atoms with Crippen LogP contribution < -0.4 is 16.4 Å². The molecule has 0 radical (unpaired) electrons. The van der Waals surface area contributed by atoms with E-state index in [9.17, 15) is 14.4 Å². The number of hydrogen-bond donors (Lipinski definition) is 5. The molecule has 0 aliphatic heterocycles. The third-order valence-corrected chi connectivity index (χ3v) is 4.07. The molecular formula is C13H25N3O4S2. The number of thioether (sulfide) groups is 1. The number of aliphatic carboxylic acids is 1. The standard InChI is InChI=1S/C13H25N3O4S2/c1-7(2)10(14)12(18)15-8(4-5-22-3)11(17)16-9(6-21)13(19)20/h7-10,21H,4-6,14H2,1-3H3,(H,15,18)(H,16,17)(H,19,20)/t8-,9-,10-/m0/s1. The van der Waals surface area contributed by atoms with Gasteiger partial charge >= 0.3 is 5.97 Å². The molecule has 22 heavy (non-hydrogen) atoms. The maximum absolute atomic E-state index is 12.2. The number of rotatable bonds is 10. The van der Waals surface area contributed by atoms with Crippen LogP contribution in [0.1, 0.15) is 20.3 Å². The van der Waals surface area contributed by atoms with Crippen molar-refractivity contribution in [2.24, 2.45) is 11.7 Å². The predicted molar refractivity (Wildman–Crippen MR) is 91.2 cm³/mol. The maximum Gasteiger partial charge on any atom is 0.327 e. The summed E-state index contributed by atoms with van der Waals surface area (Å²) in [6, 6.07) is -2.63. The van der Waals surface area contributed by atoms with Crippen LogP contribution in [0.4, 0.5) is 0 Å². The molecule has 2 amide bonds. The molecule has 7 nitrogen and oxygen atoms in total. The van der Waals surface area contributed by atoms with E-state index in [4.69, 9.17) is 10.8 Å². The summed E-state index contributed by atoms with van der Waals surface area (Å²) in [5.41, 5.74) is 5.76. The number of nitrogens with two attached hydrogens (primary N) is 1. The SMILES string of the molecule is CSCC[C@H](NC(=O)[C@@H](N)C(C)C)C(=O)N[C@@H](CS)C(=O)O. The van der Waals surface area contributed by atoms with Gasteiger partial charge in [0, 0.05) is 5.75 Å². The molecule has 0 unspecified atom stereocenters. The van der Waals surface area contributed by atoms with Crippen molar-refractivity contribution in [3.63, 3.8) is 0 Å². The Kier molecular flexibility index (Phi) is 10.3. The van der Waals surface area contributed by atoms with E-state index in [1.807, 2.05) is 20.1 Å². The first-order chi connectivity index (χ1) is 10.2. The van der Waals surface area contributed by atoms with Gasteiger partial charge in [-0.1, -0.05) is 13.8 Å². The number of hydrogen-bond acceptors (Lipinski definition) is 6. The molecular weight excluding hydrogens is 326 g/mol. The van der Waals surface area contributed by atoms with Crippen molar-refractivity contribution in [1.82, 2.24) is 10.6 Å². The summed E-state index contributed by atoms with van der Waals surface area (Å²) in [5.74, 6) is -1.58. The highest BCUT2D eigenvalue weighted by Crippen LogP contribution is 2.04. The Morgan fingerprint density at radius 1 is 1.18 bits per heavy atom. The highest BCUT2D eigenvalue weighted by Gasteiger charge is 2.27. The fourth-order valence-electron chi connectivity index (χ4n) is 1.53. The van der Waals surface area contributed by atoms with E-state index in [1.165, 1.54) is 11.8 Å². The quantitative estimate of drug-likeness (QED) is 0.345. The van der Waals surface area contributed by atoms with Gasteiger partial charge in [-0.25, -0.2) is 4.79 Å². The zero-order valence-corrected chi connectivity index (χ0v) is 14.7. The number of thiol groups is 1. The zero-order valence-electron chi connectivity index (χ0n) is 13.0. The van der Waals surface area contributed by atoms with Gasteiger partial charge in [0.25, 0.3) is 0 Å². The number of carbonyl (C=O) groups is 3. The second-order valence-electron chi connectivity index (χ2n) is 5.19. The second kappa shape index (κ2) is 10.7. The van der Waals surface area contributed by atoms with Gasteiger partial charge in [0.05, 0.1) is 6.04 Å². The lowest BCUT2D eigenvalue weighted by atomic mass is 10.0. The van der Waals surface area contributed by atoms with Gasteiger partial charge in [-0.05, 0) is 24.3 Å². The van der Waals surface area contributed by atoms with Crippen molar-refractivity contribution in [3.05, 3.63) is 0 Å². The summed E-state index contributed by atoms with van der Waals surface area (Å²) in [5, 5.41) is 13.9. The normalized spacial score (nSPS) is 15.0. The van der Waals surface area contributed by atoms with E-state index in [0.717, 1.165) is 0 Å². The van der Waals surface area contributed by atoms with Crippen LogP contribution in [0.2, 0.25) is 0 Å². The number of nitrogens with one attached hydrogen (secondary N) is 2. The van der Waals surface area contributed by atoms with Gasteiger partial charge in [0.1, 0.15) is 12.1 Å². The topological polar surface area (TPSA) is 122 Å². The Labute approximate surface area is 140 Å². The molecule has 0 saturated heterocycles. The summed E-state index contributed by atoms with van der Waals surface area (Å²) in [4.78, 5) is 35.1. The average molecular weight is 351 g/mol. The first kappa shape index (κ1) is 21.1. The molecule has 0 bridgehead atoms. The molecule has 0 aliphatic carbocycles. The molecule has 0 aromatic rings. The van der Waals surface area contributed by atoms with Crippen molar-refractivity contribution < 1.29 is 19.5 Å². The van der Waals surface area contributed by atoms with Crippen LogP contribution in [0.3, 0.4) is 0 Å². The molecule has 0 fully saturated rings. The van der Waals surface area contributed by atoms with E-state index in [2.05, 4.69) is 23.3 Å². The van der Waals surface area contributed by atoms with Gasteiger partial charge in [-0.2, -0.15) is 24.4 Å². The van der Waals surface area contributed by atoms with E-state index in [0.29, 0.717) is 12.2 Å². The predicted octanol–water partition coefficient (Wildman–Crippen LogP) is -0.293. The smallest absolute Gasteiger partial charge is 0.327 e. The fourth-order valence-corrected chi connectivity index (χ4v) is 2.25. The Bertz CT molecular complexity index is 393. The summed E-state index contributed by atoms with van der Waals surface area (Å²) in [7, 11) is 0. The van der Waals surface area contributed by atoms with Gasteiger partial charge in [0.2, 0.25) is 11.8 Å². The van der Waals surface area contributed by atoms with Gasteiger partial charge in [0.15, 0.2) is 0 Å². The molecule has 0 saturated carbocycles. The number of carbonyl (C=O) groups excluding carboxylic acids is 2. The molecule has 0 aliphatic rings. The molecule has 0 aromatic carbocycles. The lowest BCUT2D eigenvalue weighted by Crippen LogP contribution is -2.55. The Hall–Kier alpha value is -0.930. The van der Waals surface area contributed by atoms with E-state index in [1.54, 1.807) is 0 Å². The Balaban J connectivity index is 4.84. The van der Waals surface area contributed by atoms with Gasteiger partial charge in [-0.3, -0.25) is 9.59 Å². The number of amides is 2. The third kappa shape index (κ3) is 7.37. The van der Waals surface area contributed by atoms with E-state index in [-0.39, 0.29) is 11.7 Å². The van der Waals surface area contributed by atoms with Crippen molar-refractivity contribution in [3.8, 4) is 0 Å². The molecule has 0 rings (SSSR count). The summed E-state index contributed by atoms with van der Waals surface area (Å²) in [6.45, 7) is 3.62. The molecule has 5 N–H and O–H groups in total. The highest BCUT2D eigenvalue weighted by molar-refractivity contribution is 7.98. The van der Waals surface area contributed by atoms with Crippen molar-refractivity contribution in [2.75, 3.05) is 17.8 Å². The van der Waals surface area contributed by atoms with Crippen LogP contribution in [0.25, 0.3) is 0 Å². The fraction of sp³-hybridized carbons (Fsp3) is 0.769. The van der Waals surface area contributed by atoms with Crippen molar-refractivity contribution in [1.29, 1.82) is 0 Å². The molecule has 0 heterocycles. The molecule has 9 heteroatoms. The van der Waals surface area contributed by atoms with E-state index < -0.39 is 35.9 Å². The first-order valence-corrected chi connectivity index (χ1v) is 8.96. The summed E-state index contributed by atoms with van der Waals surface area (Å²) in [6.07, 6.45) is 2.27. The van der Waals surface area contributed by atoms with Crippen LogP contribution in [0, 0.1) is 5.92 Å². The van der Waals surface area contributed by atoms with Crippen LogP contribution >= 0.6 is 24.4 Å². The van der Waals surface area contributed by atoms with Crippen molar-refractivity contribution >= 4 is 42.2 Å². The molecule has 0 aromatic heterocycles. The number of carboxylic acid groups (broad SMARTS) is 1.